The summed E-state index contributed by atoms with van der Waals surface area (Å²) >= 11 is 0. The molecule has 1 aliphatic rings. The van der Waals surface area contributed by atoms with Crippen molar-refractivity contribution in [2.24, 2.45) is 0 Å². The van der Waals surface area contributed by atoms with Crippen LogP contribution in [-0.2, 0) is 5.41 Å². The van der Waals surface area contributed by atoms with Crippen LogP contribution in [0.5, 0.6) is 0 Å². The lowest BCUT2D eigenvalue weighted by atomic mass is 9.65. The van der Waals surface area contributed by atoms with E-state index >= 15 is 0 Å². The molecule has 0 aliphatic heterocycles. The van der Waals surface area contributed by atoms with Gasteiger partial charge in [-0.25, -0.2) is 0 Å². The van der Waals surface area contributed by atoms with E-state index in [2.05, 4.69) is 255 Å². The summed E-state index contributed by atoms with van der Waals surface area (Å²) in [6.45, 7) is 0. The first-order valence-corrected chi connectivity index (χ1v) is 23.4. The predicted molar refractivity (Wildman–Crippen MR) is 285 cm³/mol. The number of hydrogen-bond donors (Lipinski definition) is 0. The van der Waals surface area contributed by atoms with Crippen molar-refractivity contribution < 1.29 is 0 Å². The van der Waals surface area contributed by atoms with E-state index in [4.69, 9.17) is 0 Å². The first-order valence-electron chi connectivity index (χ1n) is 23.4. The van der Waals surface area contributed by atoms with Gasteiger partial charge in [0.2, 0.25) is 0 Å². The lowest BCUT2D eigenvalue weighted by Crippen LogP contribution is -2.29. The molecule has 13 aromatic rings. The molecule has 0 saturated heterocycles. The fourth-order valence-corrected chi connectivity index (χ4v) is 12.2. The molecular formula is C67H42. The molecule has 13 aromatic carbocycles. The molecule has 0 amide bonds. The molecule has 0 nitrogen and oxygen atoms in total. The highest BCUT2D eigenvalue weighted by Crippen LogP contribution is 2.63. The molecule has 0 atom stereocenters. The maximum atomic E-state index is 2.58. The Morgan fingerprint density at radius 2 is 0.612 bits per heavy atom. The summed E-state index contributed by atoms with van der Waals surface area (Å²) in [5.74, 6) is 0. The van der Waals surface area contributed by atoms with Crippen LogP contribution in [0.25, 0.3) is 109 Å². The molecule has 0 saturated carbocycles. The molecule has 0 heterocycles. The number of rotatable bonds is 5. The van der Waals surface area contributed by atoms with Crippen LogP contribution in [0.1, 0.15) is 22.3 Å². The van der Waals surface area contributed by atoms with Gasteiger partial charge in [-0.15, -0.1) is 0 Å². The fraction of sp³-hybridized carbons (Fsp3) is 0.0149. The minimum absolute atomic E-state index is 0.609. The highest BCUT2D eigenvalue weighted by molar-refractivity contribution is 6.26. The van der Waals surface area contributed by atoms with Crippen molar-refractivity contribution in [1.29, 1.82) is 0 Å². The summed E-state index contributed by atoms with van der Waals surface area (Å²) in [4.78, 5) is 0. The van der Waals surface area contributed by atoms with Gasteiger partial charge in [0.15, 0.2) is 0 Å². The third-order valence-corrected chi connectivity index (χ3v) is 14.9. The standard InChI is InChI=1S/C67H42/c1-3-21-48(22-4-1)67(49-23-5-2-6-24-49)65-58-33-17-11-27-52(58)60(42-61(65)64-53-28-12-9-25-50(53)51-26-10-18-34-59(51)66(64)67)63-56-31-15-13-29-54(56)62(55-30-14-16-32-57(55)63)45-38-35-44(36-39-45)47-40-37-43-19-7-8-20-46(43)41-47/h1-42H. The summed E-state index contributed by atoms with van der Waals surface area (Å²) in [5.41, 5.74) is 14.7. The fourth-order valence-electron chi connectivity index (χ4n) is 12.2. The molecule has 0 fully saturated rings. The Labute approximate surface area is 389 Å². The molecular weight excluding hydrogens is 805 g/mol. The van der Waals surface area contributed by atoms with E-state index in [1.165, 1.54) is 131 Å². The van der Waals surface area contributed by atoms with Gasteiger partial charge in [-0.05, 0) is 144 Å². The van der Waals surface area contributed by atoms with E-state index in [-0.39, 0.29) is 0 Å². The molecule has 1 aliphatic carbocycles. The molecule has 67 heavy (non-hydrogen) atoms. The predicted octanol–water partition coefficient (Wildman–Crippen LogP) is 18.0. The second-order valence-electron chi connectivity index (χ2n) is 18.2. The lowest BCUT2D eigenvalue weighted by molar-refractivity contribution is 0.783. The van der Waals surface area contributed by atoms with E-state index in [0.29, 0.717) is 0 Å². The van der Waals surface area contributed by atoms with Crippen LogP contribution in [0.3, 0.4) is 0 Å². The topological polar surface area (TPSA) is 0 Å². The van der Waals surface area contributed by atoms with Crippen molar-refractivity contribution in [3.05, 3.63) is 277 Å². The molecule has 0 N–H and O–H groups in total. The minimum Gasteiger partial charge on any atom is -0.0622 e. The van der Waals surface area contributed by atoms with Crippen LogP contribution in [0.15, 0.2) is 255 Å². The van der Waals surface area contributed by atoms with Crippen LogP contribution in [-0.4, -0.2) is 0 Å². The van der Waals surface area contributed by atoms with Gasteiger partial charge in [-0.3, -0.25) is 0 Å². The van der Waals surface area contributed by atoms with Crippen molar-refractivity contribution in [3.8, 4) is 44.5 Å². The Bertz CT molecular complexity index is 4030. The molecule has 0 aromatic heterocycles. The van der Waals surface area contributed by atoms with Crippen molar-refractivity contribution in [2.75, 3.05) is 0 Å². The minimum atomic E-state index is -0.609. The summed E-state index contributed by atoms with van der Waals surface area (Å²) in [5, 5.41) is 15.2. The van der Waals surface area contributed by atoms with Crippen molar-refractivity contribution in [1.82, 2.24) is 0 Å². The van der Waals surface area contributed by atoms with Crippen LogP contribution in [0.2, 0.25) is 0 Å². The third-order valence-electron chi connectivity index (χ3n) is 14.9. The Kier molecular flexibility index (Phi) is 8.30. The smallest absolute Gasteiger partial charge is 0.0622 e. The Hall–Kier alpha value is -8.58. The van der Waals surface area contributed by atoms with Crippen LogP contribution >= 0.6 is 0 Å². The Morgan fingerprint density at radius 3 is 1.19 bits per heavy atom. The lowest BCUT2D eigenvalue weighted by Gasteiger charge is -2.36. The number of fused-ring (bicyclic) bond motifs is 13. The molecule has 0 bridgehead atoms. The zero-order chi connectivity index (χ0) is 44.1. The Balaban J connectivity index is 1.10. The zero-order valence-electron chi connectivity index (χ0n) is 36.7. The first kappa shape index (κ1) is 37.8. The van der Waals surface area contributed by atoms with E-state index in [1.54, 1.807) is 0 Å². The van der Waals surface area contributed by atoms with Crippen LogP contribution in [0.4, 0.5) is 0 Å². The summed E-state index contributed by atoms with van der Waals surface area (Å²) in [6.07, 6.45) is 0. The van der Waals surface area contributed by atoms with Gasteiger partial charge in [-0.2, -0.15) is 0 Å². The molecule has 0 spiro atoms. The third kappa shape index (κ3) is 5.42. The van der Waals surface area contributed by atoms with E-state index < -0.39 is 5.41 Å². The van der Waals surface area contributed by atoms with Gasteiger partial charge in [0.1, 0.15) is 0 Å². The SMILES string of the molecule is c1ccc(C2(c3ccccc3)c3c(cc(-c4c5ccccc5c(-c5ccc(-c6ccc7ccccc7c6)cc5)c5ccccc45)c4ccccc34)-c3c2c2ccccc2c2ccccc32)cc1. The van der Waals surface area contributed by atoms with Gasteiger partial charge >= 0.3 is 0 Å². The molecule has 0 radical (unpaired) electrons. The highest BCUT2D eigenvalue weighted by Gasteiger charge is 2.49. The Morgan fingerprint density at radius 1 is 0.209 bits per heavy atom. The maximum absolute atomic E-state index is 2.58. The van der Waals surface area contributed by atoms with Gasteiger partial charge in [0.05, 0.1) is 5.41 Å². The number of hydrogen-bond acceptors (Lipinski definition) is 0. The van der Waals surface area contributed by atoms with Crippen molar-refractivity contribution in [3.63, 3.8) is 0 Å². The molecule has 0 heteroatoms. The monoisotopic (exact) mass is 846 g/mol. The average molecular weight is 847 g/mol. The summed E-state index contributed by atoms with van der Waals surface area (Å²) in [6, 6.07) is 95.4. The van der Waals surface area contributed by atoms with Gasteiger partial charge in [0.25, 0.3) is 0 Å². The van der Waals surface area contributed by atoms with Gasteiger partial charge in [0, 0.05) is 0 Å². The zero-order valence-corrected chi connectivity index (χ0v) is 36.7. The van der Waals surface area contributed by atoms with Crippen LogP contribution in [0, 0.1) is 0 Å². The summed E-state index contributed by atoms with van der Waals surface area (Å²) < 4.78 is 0. The van der Waals surface area contributed by atoms with Gasteiger partial charge in [-0.1, -0.05) is 243 Å². The number of benzene rings is 13. The normalized spacial score (nSPS) is 12.9. The second-order valence-corrected chi connectivity index (χ2v) is 18.2. The van der Waals surface area contributed by atoms with E-state index in [9.17, 15) is 0 Å². The maximum Gasteiger partial charge on any atom is 0.0725 e. The second kappa shape index (κ2) is 14.7. The molecule has 0 unspecified atom stereocenters. The van der Waals surface area contributed by atoms with Gasteiger partial charge < -0.3 is 0 Å². The summed E-state index contributed by atoms with van der Waals surface area (Å²) in [7, 11) is 0. The van der Waals surface area contributed by atoms with Crippen molar-refractivity contribution >= 4 is 64.6 Å². The van der Waals surface area contributed by atoms with E-state index in [0.717, 1.165) is 0 Å². The van der Waals surface area contributed by atoms with Crippen molar-refractivity contribution in [2.45, 2.75) is 5.41 Å². The first-order chi connectivity index (χ1) is 33.3. The van der Waals surface area contributed by atoms with E-state index in [1.807, 2.05) is 0 Å². The quantitative estimate of drug-likeness (QED) is 0.120. The highest BCUT2D eigenvalue weighted by atomic mass is 14.5. The average Bonchev–Trinajstić information content (AvgIpc) is 3.73. The van der Waals surface area contributed by atoms with Crippen LogP contribution < -0.4 is 0 Å². The molecule has 14 rings (SSSR count). The largest absolute Gasteiger partial charge is 0.0725 e. The molecule has 310 valence electrons.